The van der Waals surface area contributed by atoms with Crippen molar-refractivity contribution in [2.75, 3.05) is 6.54 Å². The molecule has 2 fully saturated rings. The van der Waals surface area contributed by atoms with Crippen molar-refractivity contribution in [1.82, 2.24) is 4.90 Å². The Labute approximate surface area is 191 Å². The van der Waals surface area contributed by atoms with Crippen LogP contribution in [-0.2, 0) is 9.22 Å². The van der Waals surface area contributed by atoms with Crippen LogP contribution in [0.3, 0.4) is 0 Å². The molecule has 0 saturated carbocycles. The lowest BCUT2D eigenvalue weighted by Crippen LogP contribution is -2.71. The number of carbonyl (C=O) groups excluding carboxylic acids is 1. The molecule has 32 heavy (non-hydrogen) atoms. The van der Waals surface area contributed by atoms with Gasteiger partial charge in [0.15, 0.2) is 0 Å². The molecule has 0 bridgehead atoms. The average molecular weight is 440 g/mol. The van der Waals surface area contributed by atoms with E-state index in [-0.39, 0.29) is 24.0 Å². The minimum absolute atomic E-state index is 0.0232. The van der Waals surface area contributed by atoms with Gasteiger partial charge in [0, 0.05) is 18.9 Å². The summed E-state index contributed by atoms with van der Waals surface area (Å²) in [5.41, 5.74) is 0. The Bertz CT molecular complexity index is 988. The third-order valence-corrected chi connectivity index (χ3v) is 10.9. The van der Waals surface area contributed by atoms with Crippen molar-refractivity contribution >= 4 is 29.8 Å². The van der Waals surface area contributed by atoms with Crippen molar-refractivity contribution in [3.05, 3.63) is 103 Å². The maximum Gasteiger partial charge on any atom is 0.288 e. The molecule has 2 aliphatic heterocycles. The summed E-state index contributed by atoms with van der Waals surface area (Å²) in [5, 5.41) is 3.71. The van der Waals surface area contributed by atoms with Gasteiger partial charge in [-0.15, -0.1) is 0 Å². The van der Waals surface area contributed by atoms with Crippen LogP contribution < -0.4 is 15.6 Å². The Hall–Kier alpha value is -2.95. The van der Waals surface area contributed by atoms with E-state index in [1.165, 1.54) is 15.6 Å². The quantitative estimate of drug-likeness (QED) is 0.335. The molecule has 4 heteroatoms. The summed E-state index contributed by atoms with van der Waals surface area (Å²) in [6.07, 6.45) is 5.82. The summed E-state index contributed by atoms with van der Waals surface area (Å²) in [4.78, 5) is 14.6. The molecular formula is C28H29NO2Si. The van der Waals surface area contributed by atoms with Crippen molar-refractivity contribution < 1.29 is 9.22 Å². The number of amides is 1. The van der Waals surface area contributed by atoms with E-state index in [0.29, 0.717) is 6.42 Å². The topological polar surface area (TPSA) is 29.5 Å². The van der Waals surface area contributed by atoms with E-state index in [0.717, 1.165) is 13.0 Å². The lowest BCUT2D eigenvalue weighted by molar-refractivity contribution is -0.128. The first-order valence-corrected chi connectivity index (χ1v) is 13.4. The van der Waals surface area contributed by atoms with Gasteiger partial charge in [0.05, 0.1) is 12.1 Å². The maximum atomic E-state index is 12.6. The number of nitrogens with zero attached hydrogens (tertiary/aromatic N) is 1. The van der Waals surface area contributed by atoms with Crippen LogP contribution in [-0.4, -0.2) is 37.8 Å². The van der Waals surface area contributed by atoms with E-state index < -0.39 is 8.32 Å². The second-order valence-corrected chi connectivity index (χ2v) is 12.0. The van der Waals surface area contributed by atoms with Crippen molar-refractivity contribution in [1.29, 1.82) is 0 Å². The van der Waals surface area contributed by atoms with E-state index in [2.05, 4.69) is 115 Å². The molecule has 0 N–H and O–H groups in total. The minimum Gasteiger partial charge on any atom is -0.398 e. The highest BCUT2D eigenvalue weighted by Crippen LogP contribution is 2.37. The smallest absolute Gasteiger partial charge is 0.288 e. The van der Waals surface area contributed by atoms with E-state index >= 15 is 0 Å². The van der Waals surface area contributed by atoms with E-state index in [9.17, 15) is 4.79 Å². The molecule has 3 nitrogen and oxygen atoms in total. The normalized spacial score (nSPS) is 23.1. The van der Waals surface area contributed by atoms with Gasteiger partial charge in [-0.3, -0.25) is 4.79 Å². The standard InChI is InChI=1S/C28H29NO2Si/c1-2-12-22-21-29-26(19-20-27(29)30)28(22)31-32(23-13-6-3-7-14-23,24-15-8-4-9-16-24)25-17-10-5-11-18-25/h2-18,22,26,28H,19-21H2,1H3/b12-2+/t22-,26+,28-/m1/s1. The molecule has 5 rings (SSSR count). The van der Waals surface area contributed by atoms with Crippen LogP contribution in [0.25, 0.3) is 0 Å². The Morgan fingerprint density at radius 3 is 1.81 bits per heavy atom. The van der Waals surface area contributed by atoms with Crippen molar-refractivity contribution in [3.8, 4) is 0 Å². The zero-order valence-corrected chi connectivity index (χ0v) is 19.4. The predicted octanol–water partition coefficient (Wildman–Crippen LogP) is 3.24. The van der Waals surface area contributed by atoms with Crippen LogP contribution in [0, 0.1) is 5.92 Å². The molecule has 0 spiro atoms. The van der Waals surface area contributed by atoms with Crippen LogP contribution >= 0.6 is 0 Å². The molecule has 3 atom stereocenters. The second-order valence-electron chi connectivity index (χ2n) is 8.70. The summed E-state index contributed by atoms with van der Waals surface area (Å²) in [5.74, 6) is 0.472. The Balaban J connectivity index is 1.70. The second kappa shape index (κ2) is 8.89. The highest BCUT2D eigenvalue weighted by atomic mass is 28.4. The fraction of sp³-hybridized carbons (Fsp3) is 0.250. The molecule has 2 heterocycles. The third kappa shape index (κ3) is 3.54. The van der Waals surface area contributed by atoms with Crippen LogP contribution in [0.1, 0.15) is 19.8 Å². The lowest BCUT2D eigenvalue weighted by Gasteiger charge is -2.38. The molecule has 0 unspecified atom stereocenters. The van der Waals surface area contributed by atoms with E-state index in [1.807, 2.05) is 0 Å². The molecule has 3 aromatic rings. The lowest BCUT2D eigenvalue weighted by atomic mass is 9.99. The summed E-state index contributed by atoms with van der Waals surface area (Å²) in [6.45, 7) is 2.81. The Kier molecular flexibility index (Phi) is 5.81. The van der Waals surface area contributed by atoms with Crippen LogP contribution in [0.4, 0.5) is 0 Å². The maximum absolute atomic E-state index is 12.6. The first kappa shape index (κ1) is 20.9. The van der Waals surface area contributed by atoms with Gasteiger partial charge < -0.3 is 9.33 Å². The molecular weight excluding hydrogens is 410 g/mol. The summed E-state index contributed by atoms with van der Waals surface area (Å²) < 4.78 is 7.48. The fourth-order valence-electron chi connectivity index (χ4n) is 5.46. The van der Waals surface area contributed by atoms with Crippen LogP contribution in [0.15, 0.2) is 103 Å². The number of benzene rings is 3. The Morgan fingerprint density at radius 2 is 1.34 bits per heavy atom. The molecule has 3 aromatic carbocycles. The van der Waals surface area contributed by atoms with E-state index in [1.54, 1.807) is 0 Å². The fourth-order valence-corrected chi connectivity index (χ4v) is 9.60. The number of fused-ring (bicyclic) bond motifs is 1. The summed E-state index contributed by atoms with van der Waals surface area (Å²) in [7, 11) is -2.81. The molecule has 0 aliphatic carbocycles. The first-order chi connectivity index (χ1) is 15.7. The van der Waals surface area contributed by atoms with Crippen LogP contribution in [0.5, 0.6) is 0 Å². The molecule has 0 radical (unpaired) electrons. The molecule has 2 saturated heterocycles. The van der Waals surface area contributed by atoms with Gasteiger partial charge in [0.1, 0.15) is 0 Å². The number of hydrogen-bond acceptors (Lipinski definition) is 2. The number of hydrogen-bond donors (Lipinski definition) is 0. The number of rotatable bonds is 6. The molecule has 0 aromatic heterocycles. The van der Waals surface area contributed by atoms with Crippen molar-refractivity contribution in [2.24, 2.45) is 5.92 Å². The average Bonchev–Trinajstić information content (AvgIpc) is 3.38. The third-order valence-electron chi connectivity index (χ3n) is 6.88. The van der Waals surface area contributed by atoms with Gasteiger partial charge in [-0.1, -0.05) is 103 Å². The molecule has 1 amide bonds. The zero-order chi connectivity index (χ0) is 22.0. The number of carbonyl (C=O) groups is 1. The largest absolute Gasteiger partial charge is 0.398 e. The Morgan fingerprint density at radius 1 is 0.844 bits per heavy atom. The van der Waals surface area contributed by atoms with Crippen LogP contribution in [0.2, 0.25) is 0 Å². The highest BCUT2D eigenvalue weighted by molar-refractivity contribution is 7.07. The van der Waals surface area contributed by atoms with Gasteiger partial charge >= 0.3 is 0 Å². The monoisotopic (exact) mass is 439 g/mol. The molecule has 2 aliphatic rings. The van der Waals surface area contributed by atoms with Gasteiger partial charge in [0.2, 0.25) is 5.91 Å². The summed E-state index contributed by atoms with van der Waals surface area (Å²) >= 11 is 0. The van der Waals surface area contributed by atoms with Gasteiger partial charge in [-0.2, -0.15) is 0 Å². The summed E-state index contributed by atoms with van der Waals surface area (Å²) in [6, 6.07) is 32.2. The first-order valence-electron chi connectivity index (χ1n) is 11.5. The predicted molar refractivity (Wildman–Crippen MR) is 132 cm³/mol. The van der Waals surface area contributed by atoms with Crippen molar-refractivity contribution in [2.45, 2.75) is 31.9 Å². The van der Waals surface area contributed by atoms with Gasteiger partial charge in [-0.05, 0) is 28.9 Å². The van der Waals surface area contributed by atoms with E-state index in [4.69, 9.17) is 4.43 Å². The SMILES string of the molecule is C/C=C/[C@@H]1CN2C(=O)CC[C@H]2[C@@H]1O[Si](c1ccccc1)(c1ccccc1)c1ccccc1. The van der Waals surface area contributed by atoms with Gasteiger partial charge in [0.25, 0.3) is 8.32 Å². The molecule has 162 valence electrons. The highest BCUT2D eigenvalue weighted by Gasteiger charge is 2.52. The number of allylic oxidation sites excluding steroid dienone is 1. The van der Waals surface area contributed by atoms with Crippen molar-refractivity contribution in [3.63, 3.8) is 0 Å². The zero-order valence-electron chi connectivity index (χ0n) is 18.4. The minimum atomic E-state index is -2.81. The van der Waals surface area contributed by atoms with Gasteiger partial charge in [-0.25, -0.2) is 0 Å².